The van der Waals surface area contributed by atoms with Crippen LogP contribution in [0.25, 0.3) is 5.57 Å². The van der Waals surface area contributed by atoms with Gasteiger partial charge in [0.2, 0.25) is 5.91 Å². The zero-order valence-electron chi connectivity index (χ0n) is 14.9. The number of nitrogens with zero attached hydrogens (tertiary/aromatic N) is 3. The van der Waals surface area contributed by atoms with Crippen molar-refractivity contribution in [1.82, 2.24) is 10.0 Å². The monoisotopic (exact) mass is 477 g/mol. The summed E-state index contributed by atoms with van der Waals surface area (Å²) in [6, 6.07) is 0. The van der Waals surface area contributed by atoms with Gasteiger partial charge in [-0.05, 0) is 13.0 Å². The number of allylic oxidation sites excluding steroid dienone is 2. The number of anilines is 1. The number of aromatic nitrogens is 1. The summed E-state index contributed by atoms with van der Waals surface area (Å²) in [7, 11) is -4.50. The summed E-state index contributed by atoms with van der Waals surface area (Å²) in [4.78, 5) is 17.5. The van der Waals surface area contributed by atoms with E-state index in [1.54, 1.807) is 6.92 Å². The van der Waals surface area contributed by atoms with Gasteiger partial charge in [0.1, 0.15) is 21.6 Å². The Hall–Kier alpha value is -1.70. The van der Waals surface area contributed by atoms with Gasteiger partial charge >= 0.3 is 6.18 Å². The number of halogens is 5. The molecule has 0 aliphatic carbocycles. The van der Waals surface area contributed by atoms with Crippen molar-refractivity contribution in [3.63, 3.8) is 0 Å². The number of carbonyl (C=O) groups is 1. The molecule has 0 radical (unpaired) electrons. The molecule has 2 rings (SSSR count). The van der Waals surface area contributed by atoms with Crippen molar-refractivity contribution < 1.29 is 36.0 Å². The van der Waals surface area contributed by atoms with Gasteiger partial charge in [-0.1, -0.05) is 22.9 Å². The Kier molecular flexibility index (Phi) is 7.30. The van der Waals surface area contributed by atoms with E-state index in [2.05, 4.69) is 4.98 Å². The van der Waals surface area contributed by atoms with Gasteiger partial charge in [0.05, 0.1) is 12.3 Å². The molecule has 29 heavy (non-hydrogen) atoms. The van der Waals surface area contributed by atoms with Crippen molar-refractivity contribution in [3.8, 4) is 0 Å². The lowest BCUT2D eigenvalue weighted by Crippen LogP contribution is -2.33. The molecule has 0 saturated heterocycles. The molecule has 0 spiro atoms. The number of amides is 1. The number of hydrogen-bond donors (Lipinski definition) is 1. The number of carbonyl (C=O) groups excluding carboxylic acids is 1. The number of sulfone groups is 1. The molecule has 162 valence electrons. The molecule has 7 nitrogen and oxygen atoms in total. The highest BCUT2D eigenvalue weighted by Gasteiger charge is 2.35. The summed E-state index contributed by atoms with van der Waals surface area (Å²) in [5.41, 5.74) is 0.200. The zero-order valence-corrected chi connectivity index (χ0v) is 17.3. The molecular formula is C15H16ClF4N3O4S2. The van der Waals surface area contributed by atoms with Crippen LogP contribution in [-0.2, 0) is 14.6 Å². The Morgan fingerprint density at radius 3 is 2.66 bits per heavy atom. The normalized spacial score (nSPS) is 15.2. The van der Waals surface area contributed by atoms with Crippen molar-refractivity contribution in [2.75, 3.05) is 29.5 Å². The Balaban J connectivity index is 2.18. The quantitative estimate of drug-likeness (QED) is 0.605. The highest BCUT2D eigenvalue weighted by Crippen LogP contribution is 2.37. The van der Waals surface area contributed by atoms with Crippen LogP contribution in [-0.4, -0.2) is 60.4 Å². The number of hydrogen-bond acceptors (Lipinski definition) is 7. The molecule has 0 aromatic carbocycles. The molecule has 1 amide bonds. The second-order valence-corrected chi connectivity index (χ2v) is 9.50. The third-order valence-corrected chi connectivity index (χ3v) is 6.70. The molecule has 0 fully saturated rings. The van der Waals surface area contributed by atoms with Crippen molar-refractivity contribution in [2.24, 2.45) is 0 Å². The fourth-order valence-electron chi connectivity index (χ4n) is 2.45. The topological polar surface area (TPSA) is 90.8 Å². The Morgan fingerprint density at radius 1 is 1.45 bits per heavy atom. The van der Waals surface area contributed by atoms with Crippen molar-refractivity contribution in [2.45, 2.75) is 19.5 Å². The fourth-order valence-corrected chi connectivity index (χ4v) is 4.95. The van der Waals surface area contributed by atoms with E-state index in [4.69, 9.17) is 11.6 Å². The second-order valence-electron chi connectivity index (χ2n) is 5.98. The van der Waals surface area contributed by atoms with Crippen molar-refractivity contribution in [3.05, 3.63) is 28.3 Å². The SMILES string of the molecule is CCN(C(=O)CCS(=O)(=O)CC(F)(F)F)c1sc(C2=CN(O)CC(F)=C2)nc1Cl. The lowest BCUT2D eigenvalue weighted by atomic mass is 10.2. The highest BCUT2D eigenvalue weighted by atomic mass is 35.5. The summed E-state index contributed by atoms with van der Waals surface area (Å²) in [5.74, 6) is -4.35. The summed E-state index contributed by atoms with van der Waals surface area (Å²) < 4.78 is 73.5. The van der Waals surface area contributed by atoms with Gasteiger partial charge < -0.3 is 4.90 Å². The van der Waals surface area contributed by atoms with Crippen LogP contribution in [0, 0.1) is 0 Å². The van der Waals surface area contributed by atoms with E-state index < -0.39 is 45.7 Å². The minimum Gasteiger partial charge on any atom is -0.301 e. The fraction of sp³-hybridized carbons (Fsp3) is 0.467. The van der Waals surface area contributed by atoms with Gasteiger partial charge in [-0.3, -0.25) is 15.1 Å². The standard InChI is InChI=1S/C15H16ClF4N3O4S2/c1-2-23(11(24)3-4-29(26,27)8-15(18,19)20)14-12(16)21-13(28-14)9-5-10(17)7-22(25)6-9/h5-6,25H,2-4,7-8H2,1H3. The van der Waals surface area contributed by atoms with E-state index in [0.717, 1.165) is 22.3 Å². The van der Waals surface area contributed by atoms with Gasteiger partial charge in [0, 0.05) is 24.7 Å². The molecule has 1 N–H and O–H groups in total. The zero-order chi connectivity index (χ0) is 22.0. The summed E-state index contributed by atoms with van der Waals surface area (Å²) >= 11 is 6.94. The lowest BCUT2D eigenvalue weighted by molar-refractivity contribution is -0.118. The number of thiazole rings is 1. The Bertz CT molecular complexity index is 944. The third-order valence-electron chi connectivity index (χ3n) is 3.60. The van der Waals surface area contributed by atoms with Crippen molar-refractivity contribution >= 4 is 49.3 Å². The van der Waals surface area contributed by atoms with Crippen LogP contribution in [0.5, 0.6) is 0 Å². The first-order chi connectivity index (χ1) is 13.3. The molecule has 1 aliphatic rings. The molecule has 0 bridgehead atoms. The molecule has 1 aromatic heterocycles. The maximum absolute atomic E-state index is 13.5. The molecule has 14 heteroatoms. The van der Waals surface area contributed by atoms with Gasteiger partial charge in [0.25, 0.3) is 0 Å². The van der Waals surface area contributed by atoms with E-state index in [-0.39, 0.29) is 33.8 Å². The summed E-state index contributed by atoms with van der Waals surface area (Å²) in [5, 5.41) is 10.3. The molecule has 0 saturated carbocycles. The Morgan fingerprint density at radius 2 is 2.10 bits per heavy atom. The van der Waals surface area contributed by atoms with Crippen LogP contribution in [0.15, 0.2) is 18.1 Å². The van der Waals surface area contributed by atoms with E-state index in [0.29, 0.717) is 5.06 Å². The number of alkyl halides is 3. The van der Waals surface area contributed by atoms with E-state index >= 15 is 0 Å². The molecule has 0 unspecified atom stereocenters. The van der Waals surface area contributed by atoms with Gasteiger partial charge in [-0.15, -0.1) is 0 Å². The lowest BCUT2D eigenvalue weighted by Gasteiger charge is -2.19. The first-order valence-electron chi connectivity index (χ1n) is 8.09. The van der Waals surface area contributed by atoms with E-state index in [1.807, 2.05) is 0 Å². The average molecular weight is 478 g/mol. The van der Waals surface area contributed by atoms with Crippen molar-refractivity contribution in [1.29, 1.82) is 0 Å². The molecule has 1 aromatic rings. The van der Waals surface area contributed by atoms with Crippen LogP contribution in [0.4, 0.5) is 22.6 Å². The largest absolute Gasteiger partial charge is 0.402 e. The Labute approximate surface area is 172 Å². The minimum absolute atomic E-state index is 0.0505. The smallest absolute Gasteiger partial charge is 0.301 e. The number of rotatable bonds is 7. The second kappa shape index (κ2) is 8.98. The highest BCUT2D eigenvalue weighted by molar-refractivity contribution is 7.91. The molecule has 2 heterocycles. The van der Waals surface area contributed by atoms with Crippen LogP contribution in [0.3, 0.4) is 0 Å². The molecular weight excluding hydrogens is 462 g/mol. The van der Waals surface area contributed by atoms with Crippen LogP contribution in [0.2, 0.25) is 5.15 Å². The van der Waals surface area contributed by atoms with Crippen LogP contribution < -0.4 is 4.90 Å². The molecule has 1 aliphatic heterocycles. The van der Waals surface area contributed by atoms with E-state index in [9.17, 15) is 36.0 Å². The van der Waals surface area contributed by atoms with Gasteiger partial charge in [-0.2, -0.15) is 13.2 Å². The molecule has 0 atom stereocenters. The van der Waals surface area contributed by atoms with E-state index in [1.165, 1.54) is 6.20 Å². The first-order valence-corrected chi connectivity index (χ1v) is 11.1. The first kappa shape index (κ1) is 23.6. The van der Waals surface area contributed by atoms with Gasteiger partial charge in [0.15, 0.2) is 15.0 Å². The number of hydroxylamine groups is 2. The van der Waals surface area contributed by atoms with Crippen LogP contribution >= 0.6 is 22.9 Å². The third kappa shape index (κ3) is 6.66. The maximum atomic E-state index is 13.5. The average Bonchev–Trinajstić information content (AvgIpc) is 2.93. The summed E-state index contributed by atoms with van der Waals surface area (Å²) in [6.07, 6.45) is -3.21. The maximum Gasteiger partial charge on any atom is 0.402 e. The minimum atomic E-state index is -4.89. The predicted octanol–water partition coefficient (Wildman–Crippen LogP) is 3.42. The van der Waals surface area contributed by atoms with Crippen LogP contribution in [0.1, 0.15) is 18.4 Å². The van der Waals surface area contributed by atoms with Gasteiger partial charge in [-0.25, -0.2) is 17.8 Å². The predicted molar refractivity (Wildman–Crippen MR) is 100 cm³/mol. The summed E-state index contributed by atoms with van der Waals surface area (Å²) in [6.45, 7) is 1.28.